The van der Waals surface area contributed by atoms with Crippen LogP contribution in [0.25, 0.3) is 5.69 Å². The molecular formula is C16H14N4S. The minimum Gasteiger partial charge on any atom is -0.345 e. The molecule has 0 saturated carbocycles. The molecular weight excluding hydrogens is 280 g/mol. The van der Waals surface area contributed by atoms with Crippen LogP contribution in [0.4, 0.5) is 5.69 Å². The fourth-order valence-corrected chi connectivity index (χ4v) is 2.12. The molecule has 0 bridgehead atoms. The van der Waals surface area contributed by atoms with Crippen LogP contribution in [0.5, 0.6) is 0 Å². The summed E-state index contributed by atoms with van der Waals surface area (Å²) in [5.74, 6) is 0. The van der Waals surface area contributed by atoms with Crippen LogP contribution in [0.2, 0.25) is 0 Å². The first-order chi connectivity index (χ1) is 10.2. The lowest BCUT2D eigenvalue weighted by Crippen LogP contribution is -2.10. The number of hydrogen-bond acceptors (Lipinski definition) is 3. The van der Waals surface area contributed by atoms with Crippen LogP contribution in [-0.4, -0.2) is 20.0 Å². The quantitative estimate of drug-likeness (QED) is 0.752. The smallest absolute Gasteiger partial charge is 0.140 e. The Morgan fingerprint density at radius 3 is 2.48 bits per heavy atom. The van der Waals surface area contributed by atoms with Gasteiger partial charge in [0.25, 0.3) is 0 Å². The highest BCUT2D eigenvalue weighted by Crippen LogP contribution is 2.11. The van der Waals surface area contributed by atoms with E-state index in [0.29, 0.717) is 10.7 Å². The minimum absolute atomic E-state index is 0.557. The van der Waals surface area contributed by atoms with Gasteiger partial charge < -0.3 is 5.32 Å². The first kappa shape index (κ1) is 13.5. The number of thiocarbonyl (C=S) groups is 1. The van der Waals surface area contributed by atoms with Crippen molar-refractivity contribution in [1.82, 2.24) is 15.0 Å². The van der Waals surface area contributed by atoms with Crippen LogP contribution in [0.3, 0.4) is 0 Å². The highest BCUT2D eigenvalue weighted by molar-refractivity contribution is 7.81. The van der Waals surface area contributed by atoms with E-state index in [0.717, 1.165) is 11.4 Å². The zero-order valence-corrected chi connectivity index (χ0v) is 12.3. The van der Waals surface area contributed by atoms with Gasteiger partial charge in [-0.2, -0.15) is 0 Å². The molecule has 3 rings (SSSR count). The summed E-state index contributed by atoms with van der Waals surface area (Å²) in [4.78, 5) is 0.557. The summed E-state index contributed by atoms with van der Waals surface area (Å²) in [7, 11) is 0. The molecule has 0 fully saturated rings. The number of aromatic nitrogens is 3. The second-order valence-corrected chi connectivity index (χ2v) is 5.11. The molecule has 3 aromatic rings. The Labute approximate surface area is 128 Å². The van der Waals surface area contributed by atoms with E-state index in [1.807, 2.05) is 67.7 Å². The van der Waals surface area contributed by atoms with Gasteiger partial charge in [0.15, 0.2) is 0 Å². The summed E-state index contributed by atoms with van der Waals surface area (Å²) >= 11 is 5.37. The van der Waals surface area contributed by atoms with E-state index in [2.05, 4.69) is 15.6 Å². The van der Waals surface area contributed by atoms with Crippen molar-refractivity contribution in [2.24, 2.45) is 0 Å². The lowest BCUT2D eigenvalue weighted by atomic mass is 10.2. The number of nitrogens with one attached hydrogen (secondary N) is 1. The third-order valence-electron chi connectivity index (χ3n) is 3.06. The average molecular weight is 294 g/mol. The Bertz CT molecular complexity index is 747. The van der Waals surface area contributed by atoms with E-state index < -0.39 is 0 Å². The predicted octanol–water partition coefficient (Wildman–Crippen LogP) is 3.36. The molecule has 1 aromatic heterocycles. The minimum atomic E-state index is 0.557. The Morgan fingerprint density at radius 1 is 1.05 bits per heavy atom. The SMILES string of the molecule is Cc1ccc(NC(=S)c2cn(-c3ccccc3)nn2)cc1. The highest BCUT2D eigenvalue weighted by Gasteiger charge is 2.08. The molecule has 0 unspecified atom stereocenters. The van der Waals surface area contributed by atoms with Crippen LogP contribution in [-0.2, 0) is 0 Å². The van der Waals surface area contributed by atoms with Gasteiger partial charge in [0.2, 0.25) is 0 Å². The third-order valence-corrected chi connectivity index (χ3v) is 3.37. The summed E-state index contributed by atoms with van der Waals surface area (Å²) < 4.78 is 1.71. The average Bonchev–Trinajstić information content (AvgIpc) is 3.00. The van der Waals surface area contributed by atoms with Crippen LogP contribution in [0, 0.1) is 6.92 Å². The zero-order valence-electron chi connectivity index (χ0n) is 11.5. The Hall–Kier alpha value is -2.53. The van der Waals surface area contributed by atoms with Crippen molar-refractivity contribution >= 4 is 22.9 Å². The van der Waals surface area contributed by atoms with E-state index in [1.165, 1.54) is 5.56 Å². The van der Waals surface area contributed by atoms with Gasteiger partial charge in [-0.3, -0.25) is 0 Å². The molecule has 4 nitrogen and oxygen atoms in total. The maximum atomic E-state index is 5.37. The summed E-state index contributed by atoms with van der Waals surface area (Å²) in [5.41, 5.74) is 3.75. The maximum Gasteiger partial charge on any atom is 0.140 e. The zero-order chi connectivity index (χ0) is 14.7. The largest absolute Gasteiger partial charge is 0.345 e. The summed E-state index contributed by atoms with van der Waals surface area (Å²) in [6, 6.07) is 17.9. The van der Waals surface area contributed by atoms with Crippen LogP contribution >= 0.6 is 12.2 Å². The van der Waals surface area contributed by atoms with Crippen molar-refractivity contribution in [3.63, 3.8) is 0 Å². The first-order valence-electron chi connectivity index (χ1n) is 6.58. The van der Waals surface area contributed by atoms with E-state index in [1.54, 1.807) is 4.68 Å². The predicted molar refractivity (Wildman–Crippen MR) is 87.9 cm³/mol. The Kier molecular flexibility index (Phi) is 3.75. The van der Waals surface area contributed by atoms with Gasteiger partial charge >= 0.3 is 0 Å². The fraction of sp³-hybridized carbons (Fsp3) is 0.0625. The molecule has 1 N–H and O–H groups in total. The number of aryl methyl sites for hydroxylation is 1. The molecule has 0 radical (unpaired) electrons. The van der Waals surface area contributed by atoms with Gasteiger partial charge in [-0.15, -0.1) is 5.10 Å². The first-order valence-corrected chi connectivity index (χ1v) is 6.99. The molecule has 2 aromatic carbocycles. The van der Waals surface area contributed by atoms with Crippen molar-refractivity contribution in [3.05, 3.63) is 72.1 Å². The maximum absolute atomic E-state index is 5.37. The molecule has 0 amide bonds. The molecule has 104 valence electrons. The van der Waals surface area contributed by atoms with E-state index >= 15 is 0 Å². The molecule has 0 aliphatic rings. The van der Waals surface area contributed by atoms with E-state index in [4.69, 9.17) is 12.2 Å². The van der Waals surface area contributed by atoms with Crippen LogP contribution < -0.4 is 5.32 Å². The van der Waals surface area contributed by atoms with Crippen molar-refractivity contribution in [2.45, 2.75) is 6.92 Å². The molecule has 5 heteroatoms. The number of para-hydroxylation sites is 1. The van der Waals surface area contributed by atoms with Gasteiger partial charge in [-0.05, 0) is 31.2 Å². The molecule has 21 heavy (non-hydrogen) atoms. The Balaban J connectivity index is 1.77. The normalized spacial score (nSPS) is 10.3. The van der Waals surface area contributed by atoms with Gasteiger partial charge in [0.05, 0.1) is 11.9 Å². The summed E-state index contributed by atoms with van der Waals surface area (Å²) in [5, 5.41) is 11.4. The number of rotatable bonds is 3. The highest BCUT2D eigenvalue weighted by atomic mass is 32.1. The molecule has 0 atom stereocenters. The van der Waals surface area contributed by atoms with Gasteiger partial charge in [-0.1, -0.05) is 53.3 Å². The lowest BCUT2D eigenvalue weighted by molar-refractivity contribution is 0.803. The molecule has 1 heterocycles. The standard InChI is InChI=1S/C16H14N4S/c1-12-7-9-13(10-8-12)17-16(21)15-11-20(19-18-15)14-5-3-2-4-6-14/h2-11H,1H3,(H,17,21). The van der Waals surface area contributed by atoms with E-state index in [-0.39, 0.29) is 0 Å². The van der Waals surface area contributed by atoms with Gasteiger partial charge in [0, 0.05) is 5.69 Å². The van der Waals surface area contributed by atoms with E-state index in [9.17, 15) is 0 Å². The second kappa shape index (κ2) is 5.85. The lowest BCUT2D eigenvalue weighted by Gasteiger charge is -2.05. The van der Waals surface area contributed by atoms with Crippen molar-refractivity contribution < 1.29 is 0 Å². The van der Waals surface area contributed by atoms with Crippen LogP contribution in [0.15, 0.2) is 60.8 Å². The summed E-state index contributed by atoms with van der Waals surface area (Å²) in [6.45, 7) is 2.05. The molecule has 0 spiro atoms. The number of benzene rings is 2. The van der Waals surface area contributed by atoms with Crippen molar-refractivity contribution in [2.75, 3.05) is 5.32 Å². The topological polar surface area (TPSA) is 42.7 Å². The summed E-state index contributed by atoms with van der Waals surface area (Å²) in [6.07, 6.45) is 1.82. The molecule has 0 aliphatic carbocycles. The molecule has 0 aliphatic heterocycles. The van der Waals surface area contributed by atoms with Crippen molar-refractivity contribution in [1.29, 1.82) is 0 Å². The monoisotopic (exact) mass is 294 g/mol. The third kappa shape index (κ3) is 3.14. The molecule has 0 saturated heterocycles. The fourth-order valence-electron chi connectivity index (χ4n) is 1.91. The second-order valence-electron chi connectivity index (χ2n) is 4.70. The van der Waals surface area contributed by atoms with Crippen LogP contribution in [0.1, 0.15) is 11.3 Å². The Morgan fingerprint density at radius 2 is 1.76 bits per heavy atom. The van der Waals surface area contributed by atoms with Crippen molar-refractivity contribution in [3.8, 4) is 5.69 Å². The number of nitrogens with zero attached hydrogens (tertiary/aromatic N) is 3. The number of hydrogen-bond donors (Lipinski definition) is 1. The number of anilines is 1. The van der Waals surface area contributed by atoms with Gasteiger partial charge in [-0.25, -0.2) is 4.68 Å². The van der Waals surface area contributed by atoms with Gasteiger partial charge in [0.1, 0.15) is 10.7 Å².